The van der Waals surface area contributed by atoms with Crippen LogP contribution in [0.3, 0.4) is 0 Å². The average Bonchev–Trinajstić information content (AvgIpc) is 2.84. The standard InChI is InChI=1S/C28H29N3O5S/c1-5-31(26(34)23(17-37)30-27(35)36-28(2,3)4)24(20-11-8-12-22(32)16-20)25(33)29-21-14-13-18-9-6-7-10-19(18)15-21/h1,6-16,23-24,32,37H,17H2,2-4H3,(H,29,33)(H,30,35). The summed E-state index contributed by atoms with van der Waals surface area (Å²) in [5.74, 6) is -1.56. The van der Waals surface area contributed by atoms with Gasteiger partial charge in [0.05, 0.1) is 0 Å². The molecule has 3 aromatic rings. The van der Waals surface area contributed by atoms with E-state index in [-0.39, 0.29) is 17.1 Å². The number of ether oxygens (including phenoxy) is 1. The molecule has 0 bridgehead atoms. The average molecular weight is 520 g/mol. The van der Waals surface area contributed by atoms with Gasteiger partial charge in [-0.1, -0.05) is 48.9 Å². The van der Waals surface area contributed by atoms with Crippen molar-refractivity contribution in [3.8, 4) is 18.2 Å². The second kappa shape index (κ2) is 11.7. The summed E-state index contributed by atoms with van der Waals surface area (Å²) in [6, 6.07) is 18.7. The molecule has 0 aromatic heterocycles. The van der Waals surface area contributed by atoms with E-state index >= 15 is 0 Å². The van der Waals surface area contributed by atoms with E-state index in [0.717, 1.165) is 15.7 Å². The number of alkyl carbamates (subject to hydrolysis) is 1. The number of thiol groups is 1. The topological polar surface area (TPSA) is 108 Å². The van der Waals surface area contributed by atoms with Crippen LogP contribution in [-0.2, 0) is 14.3 Å². The van der Waals surface area contributed by atoms with Gasteiger partial charge in [0.1, 0.15) is 23.4 Å². The summed E-state index contributed by atoms with van der Waals surface area (Å²) in [6.07, 6.45) is 4.90. The molecule has 0 aliphatic heterocycles. The second-order valence-electron chi connectivity index (χ2n) is 9.27. The molecule has 0 aliphatic carbocycles. The van der Waals surface area contributed by atoms with Gasteiger partial charge in [0.15, 0.2) is 0 Å². The number of rotatable bonds is 7. The van der Waals surface area contributed by atoms with Gasteiger partial charge in [-0.25, -0.2) is 4.79 Å². The number of anilines is 1. The minimum absolute atomic E-state index is 0.102. The Balaban J connectivity index is 1.93. The molecule has 0 aliphatic rings. The van der Waals surface area contributed by atoms with Crippen LogP contribution in [0.15, 0.2) is 66.7 Å². The lowest BCUT2D eigenvalue weighted by Gasteiger charge is -2.30. The van der Waals surface area contributed by atoms with Crippen LogP contribution in [0.4, 0.5) is 10.5 Å². The molecule has 9 heteroatoms. The first-order chi connectivity index (χ1) is 17.5. The smallest absolute Gasteiger partial charge is 0.408 e. The number of aromatic hydroxyl groups is 1. The first-order valence-corrected chi connectivity index (χ1v) is 12.1. The molecule has 0 radical (unpaired) electrons. The number of amides is 3. The molecule has 3 aromatic carbocycles. The summed E-state index contributed by atoms with van der Waals surface area (Å²) in [5, 5.41) is 17.2. The molecule has 3 rings (SSSR count). The van der Waals surface area contributed by atoms with Crippen molar-refractivity contribution < 1.29 is 24.2 Å². The summed E-state index contributed by atoms with van der Waals surface area (Å²) in [7, 11) is 0. The maximum Gasteiger partial charge on any atom is 0.408 e. The number of phenols is 1. The Morgan fingerprint density at radius 2 is 1.76 bits per heavy atom. The fourth-order valence-corrected chi connectivity index (χ4v) is 3.91. The first-order valence-electron chi connectivity index (χ1n) is 11.5. The van der Waals surface area contributed by atoms with Crippen LogP contribution in [0, 0.1) is 12.5 Å². The lowest BCUT2D eigenvalue weighted by Crippen LogP contribution is -2.51. The van der Waals surface area contributed by atoms with Gasteiger partial charge < -0.3 is 20.5 Å². The predicted octanol–water partition coefficient (Wildman–Crippen LogP) is 4.47. The van der Waals surface area contributed by atoms with E-state index in [1.54, 1.807) is 39.0 Å². The van der Waals surface area contributed by atoms with Crippen LogP contribution in [0.25, 0.3) is 10.8 Å². The predicted molar refractivity (Wildman–Crippen MR) is 146 cm³/mol. The van der Waals surface area contributed by atoms with Gasteiger partial charge in [-0.2, -0.15) is 12.6 Å². The van der Waals surface area contributed by atoms with Crippen molar-refractivity contribution in [1.82, 2.24) is 10.2 Å². The normalized spacial score (nSPS) is 12.6. The molecule has 3 amide bonds. The number of nitrogens with zero attached hydrogens (tertiary/aromatic N) is 1. The second-order valence-corrected chi connectivity index (χ2v) is 9.63. The number of nitrogens with one attached hydrogen (secondary N) is 2. The number of hydrogen-bond donors (Lipinski definition) is 4. The van der Waals surface area contributed by atoms with Crippen molar-refractivity contribution in [3.05, 3.63) is 72.3 Å². The summed E-state index contributed by atoms with van der Waals surface area (Å²) < 4.78 is 5.24. The van der Waals surface area contributed by atoms with Crippen LogP contribution in [-0.4, -0.2) is 45.3 Å². The lowest BCUT2D eigenvalue weighted by molar-refractivity contribution is -0.136. The maximum atomic E-state index is 13.6. The van der Waals surface area contributed by atoms with Crippen molar-refractivity contribution in [1.29, 1.82) is 0 Å². The largest absolute Gasteiger partial charge is 0.508 e. The Bertz CT molecular complexity index is 1350. The van der Waals surface area contributed by atoms with E-state index < -0.39 is 35.6 Å². The molecule has 8 nitrogen and oxygen atoms in total. The highest BCUT2D eigenvalue weighted by molar-refractivity contribution is 7.80. The van der Waals surface area contributed by atoms with E-state index in [4.69, 9.17) is 11.2 Å². The van der Waals surface area contributed by atoms with E-state index in [1.807, 2.05) is 30.3 Å². The molecule has 2 unspecified atom stereocenters. The molecule has 0 spiro atoms. The number of terminal acetylenes is 1. The van der Waals surface area contributed by atoms with E-state index in [0.29, 0.717) is 5.69 Å². The highest BCUT2D eigenvalue weighted by atomic mass is 32.1. The van der Waals surface area contributed by atoms with Crippen molar-refractivity contribution in [2.75, 3.05) is 11.1 Å². The zero-order chi connectivity index (χ0) is 27.2. The van der Waals surface area contributed by atoms with Crippen molar-refractivity contribution in [2.24, 2.45) is 0 Å². The Labute approximate surface area is 221 Å². The van der Waals surface area contributed by atoms with Crippen LogP contribution < -0.4 is 10.6 Å². The van der Waals surface area contributed by atoms with E-state index in [9.17, 15) is 19.5 Å². The highest BCUT2D eigenvalue weighted by Gasteiger charge is 2.35. The van der Waals surface area contributed by atoms with E-state index in [1.165, 1.54) is 18.2 Å². The Hall–Kier alpha value is -4.16. The Kier molecular flexibility index (Phi) is 8.69. The van der Waals surface area contributed by atoms with E-state index in [2.05, 4.69) is 29.3 Å². The van der Waals surface area contributed by atoms with Crippen LogP contribution in [0.5, 0.6) is 5.75 Å². The molecule has 0 saturated carbocycles. The summed E-state index contributed by atoms with van der Waals surface area (Å²) in [5.41, 5.74) is -0.0140. The van der Waals surface area contributed by atoms with Crippen LogP contribution in [0.2, 0.25) is 0 Å². The van der Waals surface area contributed by atoms with Crippen molar-refractivity contribution in [2.45, 2.75) is 38.5 Å². The molecular formula is C28H29N3O5S. The molecule has 3 N–H and O–H groups in total. The third kappa shape index (κ3) is 7.18. The molecule has 2 atom stereocenters. The number of carbonyl (C=O) groups excluding carboxylic acids is 3. The fraction of sp³-hybridized carbons (Fsp3) is 0.250. The van der Waals surface area contributed by atoms with Gasteiger partial charge in [0.2, 0.25) is 0 Å². The molecule has 0 fully saturated rings. The fourth-order valence-electron chi connectivity index (χ4n) is 3.66. The minimum Gasteiger partial charge on any atom is -0.508 e. The van der Waals surface area contributed by atoms with Crippen molar-refractivity contribution >= 4 is 47.0 Å². The van der Waals surface area contributed by atoms with Crippen LogP contribution >= 0.6 is 12.6 Å². The van der Waals surface area contributed by atoms with Gasteiger partial charge >= 0.3 is 6.09 Å². The molecule has 37 heavy (non-hydrogen) atoms. The monoisotopic (exact) mass is 519 g/mol. The zero-order valence-corrected chi connectivity index (χ0v) is 21.7. The molecule has 0 heterocycles. The number of fused-ring (bicyclic) bond motifs is 1. The number of carbonyl (C=O) groups is 3. The number of benzene rings is 3. The molecular weight excluding hydrogens is 490 g/mol. The van der Waals surface area contributed by atoms with Crippen LogP contribution in [0.1, 0.15) is 32.4 Å². The highest BCUT2D eigenvalue weighted by Crippen LogP contribution is 2.27. The summed E-state index contributed by atoms with van der Waals surface area (Å²) >= 11 is 4.19. The summed E-state index contributed by atoms with van der Waals surface area (Å²) in [4.78, 5) is 40.2. The molecule has 192 valence electrons. The number of phenolic OH excluding ortho intramolecular Hbond substituents is 1. The minimum atomic E-state index is -1.32. The Morgan fingerprint density at radius 1 is 1.05 bits per heavy atom. The maximum absolute atomic E-state index is 13.6. The van der Waals surface area contributed by atoms with Gasteiger partial charge in [0.25, 0.3) is 11.8 Å². The quantitative estimate of drug-likeness (QED) is 0.209. The zero-order valence-electron chi connectivity index (χ0n) is 20.8. The van der Waals surface area contributed by atoms with Crippen molar-refractivity contribution in [3.63, 3.8) is 0 Å². The lowest BCUT2D eigenvalue weighted by atomic mass is 10.0. The Morgan fingerprint density at radius 3 is 2.38 bits per heavy atom. The van der Waals surface area contributed by atoms with Gasteiger partial charge in [-0.15, -0.1) is 0 Å². The summed E-state index contributed by atoms with van der Waals surface area (Å²) in [6.45, 7) is 5.06. The molecule has 0 saturated heterocycles. The first kappa shape index (κ1) is 27.4. The third-order valence-corrected chi connectivity index (χ3v) is 5.62. The SMILES string of the molecule is C#CN(C(=O)C(CS)NC(=O)OC(C)(C)C)C(C(=O)Nc1ccc2ccccc2c1)c1cccc(O)c1. The van der Waals surface area contributed by atoms with Gasteiger partial charge in [-0.3, -0.25) is 14.5 Å². The third-order valence-electron chi connectivity index (χ3n) is 5.26. The van der Waals surface area contributed by atoms with Gasteiger partial charge in [-0.05, 0) is 61.4 Å². The van der Waals surface area contributed by atoms with Gasteiger partial charge in [0, 0.05) is 17.5 Å². The number of hydrogen-bond acceptors (Lipinski definition) is 6.